The molecule has 26 heavy (non-hydrogen) atoms. The van der Waals surface area contributed by atoms with Crippen LogP contribution >= 0.6 is 0 Å². The smallest absolute Gasteiger partial charge is 0.269 e. The predicted molar refractivity (Wildman–Crippen MR) is 93.8 cm³/mol. The zero-order valence-corrected chi connectivity index (χ0v) is 14.8. The fourth-order valence-electron chi connectivity index (χ4n) is 2.30. The van der Waals surface area contributed by atoms with Gasteiger partial charge < -0.3 is 14.7 Å². The van der Waals surface area contributed by atoms with E-state index >= 15 is 0 Å². The monoisotopic (exact) mass is 360 g/mol. The van der Waals surface area contributed by atoms with E-state index in [4.69, 9.17) is 4.52 Å². The van der Waals surface area contributed by atoms with E-state index in [9.17, 15) is 19.7 Å². The molecule has 0 aliphatic carbocycles. The number of aryl methyl sites for hydroxylation is 1. The van der Waals surface area contributed by atoms with Crippen LogP contribution in [0.3, 0.4) is 0 Å². The number of rotatable bonds is 7. The molecule has 2 aromatic rings. The number of non-ortho nitro benzene ring substituents is 1. The largest absolute Gasteiger partial charge is 0.360 e. The lowest BCUT2D eigenvalue weighted by atomic mass is 10.1. The van der Waals surface area contributed by atoms with Gasteiger partial charge in [-0.2, -0.15) is 0 Å². The van der Waals surface area contributed by atoms with Crippen molar-refractivity contribution >= 4 is 23.3 Å². The number of nitro groups is 1. The lowest BCUT2D eigenvalue weighted by Gasteiger charge is -2.28. The van der Waals surface area contributed by atoms with Crippen LogP contribution in [0.25, 0.3) is 0 Å². The van der Waals surface area contributed by atoms with Gasteiger partial charge in [0.25, 0.3) is 11.6 Å². The summed E-state index contributed by atoms with van der Waals surface area (Å²) in [5.41, 5.74) is 0.178. The summed E-state index contributed by atoms with van der Waals surface area (Å²) in [6.07, 6.45) is 0.648. The maximum absolute atomic E-state index is 12.8. The fourth-order valence-corrected chi connectivity index (χ4v) is 2.30. The molecule has 138 valence electrons. The molecule has 0 spiro atoms. The quantitative estimate of drug-likeness (QED) is 0.599. The van der Waals surface area contributed by atoms with Crippen LogP contribution in [-0.4, -0.2) is 39.4 Å². The Hall–Kier alpha value is -3.23. The number of nitrogens with zero attached hydrogens (tertiary/aromatic N) is 3. The maximum atomic E-state index is 12.8. The van der Waals surface area contributed by atoms with Crippen molar-refractivity contribution < 1.29 is 19.0 Å². The average molecular weight is 360 g/mol. The molecule has 0 radical (unpaired) electrons. The molecular formula is C17H20N4O5. The Balaban J connectivity index is 2.13. The van der Waals surface area contributed by atoms with Gasteiger partial charge in [-0.25, -0.2) is 0 Å². The van der Waals surface area contributed by atoms with Crippen LogP contribution in [0.1, 0.15) is 36.4 Å². The molecular weight excluding hydrogens is 340 g/mol. The summed E-state index contributed by atoms with van der Waals surface area (Å²) in [7, 11) is 0. The summed E-state index contributed by atoms with van der Waals surface area (Å²) in [6, 6.07) is 6.68. The number of anilines is 1. The highest BCUT2D eigenvalue weighted by atomic mass is 16.6. The Morgan fingerprint density at radius 1 is 1.35 bits per heavy atom. The number of hydrogen-bond acceptors (Lipinski definition) is 6. The zero-order chi connectivity index (χ0) is 19.3. The van der Waals surface area contributed by atoms with Crippen LogP contribution in [0, 0.1) is 17.0 Å². The Kier molecular flexibility index (Phi) is 6.05. The number of amides is 2. The molecule has 1 N–H and O–H groups in total. The van der Waals surface area contributed by atoms with E-state index < -0.39 is 10.8 Å². The highest BCUT2D eigenvalue weighted by molar-refractivity contribution is 5.99. The van der Waals surface area contributed by atoms with E-state index in [0.29, 0.717) is 12.2 Å². The van der Waals surface area contributed by atoms with Crippen molar-refractivity contribution in [2.45, 2.75) is 33.2 Å². The Labute approximate surface area is 150 Å². The molecule has 0 saturated carbocycles. The summed E-state index contributed by atoms with van der Waals surface area (Å²) < 4.78 is 4.89. The number of nitrogens with one attached hydrogen (secondary N) is 1. The van der Waals surface area contributed by atoms with E-state index in [1.807, 2.05) is 13.8 Å². The van der Waals surface area contributed by atoms with Crippen LogP contribution in [0.15, 0.2) is 34.9 Å². The van der Waals surface area contributed by atoms with Gasteiger partial charge in [0.05, 0.1) is 4.92 Å². The van der Waals surface area contributed by atoms with Crippen molar-refractivity contribution in [3.63, 3.8) is 0 Å². The average Bonchev–Trinajstić information content (AvgIpc) is 3.03. The minimum absolute atomic E-state index is 0.101. The molecule has 0 aliphatic rings. The first-order chi connectivity index (χ1) is 12.3. The van der Waals surface area contributed by atoms with E-state index in [0.717, 1.165) is 0 Å². The van der Waals surface area contributed by atoms with E-state index in [1.165, 1.54) is 29.2 Å². The highest BCUT2D eigenvalue weighted by Gasteiger charge is 2.24. The molecule has 0 fully saturated rings. The van der Waals surface area contributed by atoms with Crippen molar-refractivity contribution in [2.75, 3.05) is 11.9 Å². The van der Waals surface area contributed by atoms with Crippen molar-refractivity contribution in [2.24, 2.45) is 0 Å². The normalized spacial score (nSPS) is 11.7. The number of carbonyl (C=O) groups is 2. The fraction of sp³-hybridized carbons (Fsp3) is 0.353. The standard InChI is InChI=1S/C17H20N4O5/c1-4-11(2)20(10-16(22)18-15-9-12(3)26-19-15)17(23)13-5-7-14(8-6-13)21(24)25/h5-9,11H,4,10H2,1-3H3,(H,18,19,22). The molecule has 1 aromatic heterocycles. The third-order valence-corrected chi connectivity index (χ3v) is 3.92. The molecule has 9 heteroatoms. The SMILES string of the molecule is CCC(C)N(CC(=O)Nc1cc(C)on1)C(=O)c1ccc([N+](=O)[O-])cc1. The Morgan fingerprint density at radius 2 is 2.00 bits per heavy atom. The zero-order valence-electron chi connectivity index (χ0n) is 14.8. The van der Waals surface area contributed by atoms with Gasteiger partial charge in [0.2, 0.25) is 5.91 Å². The third-order valence-electron chi connectivity index (χ3n) is 3.92. The number of carbonyl (C=O) groups excluding carboxylic acids is 2. The topological polar surface area (TPSA) is 119 Å². The summed E-state index contributed by atoms with van der Waals surface area (Å²) in [4.78, 5) is 36.6. The van der Waals surface area contributed by atoms with Crippen molar-refractivity contribution in [1.82, 2.24) is 10.1 Å². The van der Waals surface area contributed by atoms with Crippen LogP contribution in [0.4, 0.5) is 11.5 Å². The second-order valence-electron chi connectivity index (χ2n) is 5.87. The maximum Gasteiger partial charge on any atom is 0.269 e. The van der Waals surface area contributed by atoms with Crippen molar-refractivity contribution in [3.8, 4) is 0 Å². The lowest BCUT2D eigenvalue weighted by molar-refractivity contribution is -0.384. The number of hydrogen-bond donors (Lipinski definition) is 1. The summed E-state index contributed by atoms with van der Waals surface area (Å²) in [6.45, 7) is 5.26. The van der Waals surface area contributed by atoms with E-state index in [2.05, 4.69) is 10.5 Å². The molecule has 1 unspecified atom stereocenters. The number of aromatic nitrogens is 1. The van der Waals surface area contributed by atoms with E-state index in [1.54, 1.807) is 13.0 Å². The van der Waals surface area contributed by atoms with Gasteiger partial charge in [0, 0.05) is 29.8 Å². The molecule has 2 rings (SSSR count). The summed E-state index contributed by atoms with van der Waals surface area (Å²) in [5, 5.41) is 17.0. The number of nitro benzene ring substituents is 1. The second kappa shape index (κ2) is 8.24. The van der Waals surface area contributed by atoms with Crippen LogP contribution in [0.2, 0.25) is 0 Å². The Morgan fingerprint density at radius 3 is 2.50 bits per heavy atom. The molecule has 0 saturated heterocycles. The van der Waals surface area contributed by atoms with Gasteiger partial charge in [-0.15, -0.1) is 0 Å². The van der Waals surface area contributed by atoms with E-state index in [-0.39, 0.29) is 35.6 Å². The molecule has 2 amide bonds. The van der Waals surface area contributed by atoms with Crippen LogP contribution in [-0.2, 0) is 4.79 Å². The molecule has 9 nitrogen and oxygen atoms in total. The molecule has 1 heterocycles. The lowest BCUT2D eigenvalue weighted by Crippen LogP contribution is -2.43. The summed E-state index contributed by atoms with van der Waals surface area (Å²) in [5.74, 6) is 0.0509. The predicted octanol–water partition coefficient (Wildman–Crippen LogP) is 2.77. The molecule has 1 aromatic carbocycles. The van der Waals surface area contributed by atoms with Crippen molar-refractivity contribution in [3.05, 3.63) is 51.8 Å². The first kappa shape index (κ1) is 19.1. The van der Waals surface area contributed by atoms with Gasteiger partial charge in [-0.3, -0.25) is 19.7 Å². The molecule has 0 aliphatic heterocycles. The second-order valence-corrected chi connectivity index (χ2v) is 5.87. The van der Waals surface area contributed by atoms with Crippen LogP contribution < -0.4 is 5.32 Å². The minimum Gasteiger partial charge on any atom is -0.360 e. The first-order valence-electron chi connectivity index (χ1n) is 8.10. The first-order valence-corrected chi connectivity index (χ1v) is 8.10. The van der Waals surface area contributed by atoms with Gasteiger partial charge in [-0.05, 0) is 32.4 Å². The summed E-state index contributed by atoms with van der Waals surface area (Å²) >= 11 is 0. The Bertz CT molecular complexity index is 800. The van der Waals surface area contributed by atoms with Gasteiger partial charge in [-0.1, -0.05) is 12.1 Å². The van der Waals surface area contributed by atoms with Gasteiger partial charge in [0.1, 0.15) is 12.3 Å². The van der Waals surface area contributed by atoms with Gasteiger partial charge >= 0.3 is 0 Å². The van der Waals surface area contributed by atoms with Crippen molar-refractivity contribution in [1.29, 1.82) is 0 Å². The number of benzene rings is 1. The van der Waals surface area contributed by atoms with Crippen LogP contribution in [0.5, 0.6) is 0 Å². The minimum atomic E-state index is -0.534. The third kappa shape index (κ3) is 4.65. The highest BCUT2D eigenvalue weighted by Crippen LogP contribution is 2.16. The molecule has 1 atom stereocenters. The molecule has 0 bridgehead atoms. The van der Waals surface area contributed by atoms with Gasteiger partial charge in [0.15, 0.2) is 5.82 Å².